The molecule has 0 unspecified atom stereocenters. The Kier molecular flexibility index (Phi) is 2.54. The van der Waals surface area contributed by atoms with Crippen molar-refractivity contribution in [3.63, 3.8) is 0 Å². The van der Waals surface area contributed by atoms with Crippen LogP contribution in [0.1, 0.15) is 13.3 Å². The lowest BCUT2D eigenvalue weighted by molar-refractivity contribution is -0.121. The molecule has 13 heavy (non-hydrogen) atoms. The zero-order valence-corrected chi connectivity index (χ0v) is 6.98. The maximum absolute atomic E-state index is 11.8. The van der Waals surface area contributed by atoms with E-state index in [1.165, 1.54) is 13.0 Å². The van der Waals surface area contributed by atoms with E-state index in [1.807, 2.05) is 0 Å². The first-order chi connectivity index (χ1) is 5.88. The molecule has 0 aromatic heterocycles. The summed E-state index contributed by atoms with van der Waals surface area (Å²) >= 11 is 0. The molecule has 0 bridgehead atoms. The summed E-state index contributed by atoms with van der Waals surface area (Å²) in [6, 6.07) is 0. The Morgan fingerprint density at radius 2 is 2.23 bits per heavy atom. The third-order valence-electron chi connectivity index (χ3n) is 1.63. The van der Waals surface area contributed by atoms with Crippen LogP contribution in [0, 0.1) is 0 Å². The van der Waals surface area contributed by atoms with Gasteiger partial charge >= 0.3 is 6.18 Å². The lowest BCUT2D eigenvalue weighted by Gasteiger charge is -2.02. The highest BCUT2D eigenvalue weighted by atomic mass is 19.4. The van der Waals surface area contributed by atoms with Crippen molar-refractivity contribution < 1.29 is 18.0 Å². The average molecular weight is 191 g/mol. The summed E-state index contributed by atoms with van der Waals surface area (Å²) in [6.07, 6.45) is -4.08. The van der Waals surface area contributed by atoms with Crippen molar-refractivity contribution in [2.75, 3.05) is 6.54 Å². The Labute approximate surface area is 73.2 Å². The minimum absolute atomic E-state index is 0.0577. The molecule has 0 fully saturated rings. The van der Waals surface area contributed by atoms with E-state index in [4.69, 9.17) is 0 Å². The molecular weight excluding hydrogens is 183 g/mol. The molecule has 1 aliphatic heterocycles. The van der Waals surface area contributed by atoms with Gasteiger partial charge in [0.05, 0.1) is 13.0 Å². The summed E-state index contributed by atoms with van der Waals surface area (Å²) in [7, 11) is 0. The van der Waals surface area contributed by atoms with Gasteiger partial charge in [0.15, 0.2) is 5.78 Å². The quantitative estimate of drug-likeness (QED) is 0.655. The smallest absolute Gasteiger partial charge is 0.295 e. The van der Waals surface area contributed by atoms with Gasteiger partial charge in [-0.15, -0.1) is 0 Å². The van der Waals surface area contributed by atoms with E-state index in [-0.39, 0.29) is 18.0 Å². The van der Waals surface area contributed by atoms with Gasteiger partial charge in [-0.1, -0.05) is 0 Å². The van der Waals surface area contributed by atoms with E-state index in [0.717, 1.165) is 0 Å². The summed E-state index contributed by atoms with van der Waals surface area (Å²) < 4.78 is 35.5. The number of Topliss-reactive ketones (excluding diaryl/α,β-unsaturated/α-hetero) is 1. The van der Waals surface area contributed by atoms with Gasteiger partial charge in [0.2, 0.25) is 0 Å². The second kappa shape index (κ2) is 3.32. The van der Waals surface area contributed by atoms with Crippen LogP contribution in [0.25, 0.3) is 0 Å². The minimum Gasteiger partial charge on any atom is -0.295 e. The van der Waals surface area contributed by atoms with Gasteiger partial charge in [-0.2, -0.15) is 13.2 Å². The fourth-order valence-corrected chi connectivity index (χ4v) is 1.00. The number of ketones is 1. The fraction of sp³-hybridized carbons (Fsp3) is 0.500. The first-order valence-corrected chi connectivity index (χ1v) is 3.70. The summed E-state index contributed by atoms with van der Waals surface area (Å²) in [4.78, 5) is 14.3. The van der Waals surface area contributed by atoms with Gasteiger partial charge in [0.1, 0.15) is 0 Å². The fourth-order valence-electron chi connectivity index (χ4n) is 1.00. The van der Waals surface area contributed by atoms with Crippen LogP contribution in [-0.4, -0.2) is 24.2 Å². The number of hydrogen-bond donors (Lipinski definition) is 0. The number of nitrogens with zero attached hydrogens (tertiary/aromatic N) is 1. The Morgan fingerprint density at radius 1 is 1.62 bits per heavy atom. The largest absolute Gasteiger partial charge is 0.394 e. The second-order valence-corrected chi connectivity index (χ2v) is 2.83. The van der Waals surface area contributed by atoms with Gasteiger partial charge in [-0.3, -0.25) is 9.79 Å². The zero-order chi connectivity index (χ0) is 10.1. The highest BCUT2D eigenvalue weighted by Crippen LogP contribution is 2.22. The van der Waals surface area contributed by atoms with Gasteiger partial charge in [0.25, 0.3) is 0 Å². The summed E-state index contributed by atoms with van der Waals surface area (Å²) in [6.45, 7) is 1.40. The first-order valence-electron chi connectivity index (χ1n) is 3.70. The number of carbonyl (C=O) groups excluding carboxylic acids is 1. The van der Waals surface area contributed by atoms with Crippen molar-refractivity contribution in [2.45, 2.75) is 19.5 Å². The van der Waals surface area contributed by atoms with Crippen LogP contribution >= 0.6 is 0 Å². The Bertz CT molecular complexity index is 288. The van der Waals surface area contributed by atoms with Gasteiger partial charge < -0.3 is 0 Å². The minimum atomic E-state index is -4.25. The van der Waals surface area contributed by atoms with Crippen molar-refractivity contribution in [2.24, 2.45) is 4.99 Å². The monoisotopic (exact) mass is 191 g/mol. The number of carbonyl (C=O) groups is 1. The molecule has 0 spiro atoms. The molecule has 1 aliphatic rings. The lowest BCUT2D eigenvalue weighted by atomic mass is 10.1. The predicted octanol–water partition coefficient (Wildman–Crippen LogP) is 1.91. The molecule has 0 aromatic rings. The molecule has 1 heterocycles. The van der Waals surface area contributed by atoms with Crippen molar-refractivity contribution in [1.82, 2.24) is 0 Å². The van der Waals surface area contributed by atoms with Crippen LogP contribution in [0.5, 0.6) is 0 Å². The van der Waals surface area contributed by atoms with Gasteiger partial charge in [0, 0.05) is 11.3 Å². The molecule has 0 aliphatic carbocycles. The molecule has 0 N–H and O–H groups in total. The molecule has 5 heteroatoms. The summed E-state index contributed by atoms with van der Waals surface area (Å²) in [5, 5.41) is 0. The average Bonchev–Trinajstić information content (AvgIpc) is 2.31. The second-order valence-electron chi connectivity index (χ2n) is 2.83. The topological polar surface area (TPSA) is 29.4 Å². The summed E-state index contributed by atoms with van der Waals surface area (Å²) in [5.74, 6) is -0.221. The predicted molar refractivity (Wildman–Crippen MR) is 41.7 cm³/mol. The number of aliphatic imine (C=N–C) groups is 1. The molecule has 72 valence electrons. The van der Waals surface area contributed by atoms with Crippen LogP contribution in [0.3, 0.4) is 0 Å². The van der Waals surface area contributed by atoms with E-state index < -0.39 is 12.6 Å². The normalized spacial score (nSPS) is 16.9. The molecule has 0 saturated carbocycles. The maximum atomic E-state index is 11.8. The van der Waals surface area contributed by atoms with Crippen LogP contribution in [-0.2, 0) is 4.79 Å². The number of hydrogen-bond acceptors (Lipinski definition) is 2. The van der Waals surface area contributed by atoms with Gasteiger partial charge in [-0.05, 0) is 13.0 Å². The molecule has 0 aromatic carbocycles. The number of allylic oxidation sites excluding steroid dienone is 1. The zero-order valence-electron chi connectivity index (χ0n) is 6.98. The van der Waals surface area contributed by atoms with E-state index in [9.17, 15) is 18.0 Å². The Balaban J connectivity index is 2.62. The molecule has 0 radical (unpaired) electrons. The third kappa shape index (κ3) is 3.01. The molecule has 2 nitrogen and oxygen atoms in total. The molecular formula is C8H8F3NO. The van der Waals surface area contributed by atoms with Crippen molar-refractivity contribution in [1.29, 1.82) is 0 Å². The maximum Gasteiger partial charge on any atom is 0.394 e. The molecule has 0 amide bonds. The van der Waals surface area contributed by atoms with E-state index >= 15 is 0 Å². The van der Waals surface area contributed by atoms with Crippen molar-refractivity contribution in [3.8, 4) is 0 Å². The van der Waals surface area contributed by atoms with E-state index in [1.54, 1.807) is 0 Å². The number of halogens is 3. The van der Waals surface area contributed by atoms with Crippen LogP contribution in [0.4, 0.5) is 13.2 Å². The van der Waals surface area contributed by atoms with Gasteiger partial charge in [-0.25, -0.2) is 0 Å². The van der Waals surface area contributed by atoms with E-state index in [2.05, 4.69) is 4.99 Å². The molecule has 0 saturated heterocycles. The summed E-state index contributed by atoms with van der Waals surface area (Å²) in [5.41, 5.74) is 0.289. The third-order valence-corrected chi connectivity index (χ3v) is 1.63. The SMILES string of the molecule is CC(=O)C1=CC(CC(F)(F)F)=NC1. The van der Waals surface area contributed by atoms with Crippen LogP contribution in [0.2, 0.25) is 0 Å². The van der Waals surface area contributed by atoms with E-state index in [0.29, 0.717) is 5.57 Å². The Morgan fingerprint density at radius 3 is 2.62 bits per heavy atom. The molecule has 1 rings (SSSR count). The highest BCUT2D eigenvalue weighted by molar-refractivity contribution is 6.07. The van der Waals surface area contributed by atoms with Crippen LogP contribution in [0.15, 0.2) is 16.6 Å². The lowest BCUT2D eigenvalue weighted by Crippen LogP contribution is -2.12. The van der Waals surface area contributed by atoms with Crippen LogP contribution < -0.4 is 0 Å². The number of rotatable bonds is 2. The number of alkyl halides is 3. The van der Waals surface area contributed by atoms with Crippen molar-refractivity contribution in [3.05, 3.63) is 11.6 Å². The standard InChI is InChI=1S/C8H8F3NO/c1-5(13)6-2-7(12-4-6)3-8(9,10)11/h2H,3-4H2,1H3. The highest BCUT2D eigenvalue weighted by Gasteiger charge is 2.30. The molecule has 0 atom stereocenters. The first kappa shape index (κ1) is 9.95. The Hall–Kier alpha value is -1.13. The van der Waals surface area contributed by atoms with Crippen molar-refractivity contribution >= 4 is 11.5 Å².